The predicted octanol–water partition coefficient (Wildman–Crippen LogP) is 0.809. The molecule has 6 heteroatoms. The molecule has 2 rings (SSSR count). The van der Waals surface area contributed by atoms with Gasteiger partial charge in [-0.2, -0.15) is 0 Å². The Morgan fingerprint density at radius 1 is 1.42 bits per heavy atom. The number of ether oxygens (including phenoxy) is 1. The highest BCUT2D eigenvalue weighted by atomic mass is 32.2. The number of fused-ring (bicyclic) bond motifs is 1. The van der Waals surface area contributed by atoms with E-state index in [0.717, 1.165) is 17.5 Å². The number of sulfonamides is 1. The van der Waals surface area contributed by atoms with Gasteiger partial charge >= 0.3 is 0 Å². The van der Waals surface area contributed by atoms with Gasteiger partial charge in [-0.3, -0.25) is 0 Å². The second-order valence-electron chi connectivity index (χ2n) is 4.62. The van der Waals surface area contributed by atoms with Gasteiger partial charge in [0.1, 0.15) is 16.7 Å². The van der Waals surface area contributed by atoms with Crippen LogP contribution in [-0.4, -0.2) is 27.6 Å². The molecule has 0 bridgehead atoms. The summed E-state index contributed by atoms with van der Waals surface area (Å²) in [4.78, 5) is 0.236. The number of nitrogens with two attached hydrogens (primary N) is 1. The van der Waals surface area contributed by atoms with Crippen molar-refractivity contribution in [2.75, 3.05) is 13.1 Å². The van der Waals surface area contributed by atoms with Crippen LogP contribution in [0.15, 0.2) is 17.0 Å². The lowest BCUT2D eigenvalue weighted by molar-refractivity contribution is 0.236. The van der Waals surface area contributed by atoms with E-state index in [2.05, 4.69) is 4.72 Å². The summed E-state index contributed by atoms with van der Waals surface area (Å²) < 4.78 is 32.7. The van der Waals surface area contributed by atoms with E-state index < -0.39 is 10.0 Å². The fraction of sp³-hybridized carbons (Fsp3) is 0.538. The molecule has 0 aromatic heterocycles. The quantitative estimate of drug-likeness (QED) is 0.838. The first-order valence-electron chi connectivity index (χ1n) is 6.54. The van der Waals surface area contributed by atoms with Crippen molar-refractivity contribution >= 4 is 10.0 Å². The fourth-order valence-electron chi connectivity index (χ4n) is 2.27. The molecule has 1 aliphatic heterocycles. The molecular weight excluding hydrogens is 264 g/mol. The number of aryl methyl sites for hydroxylation is 1. The number of benzene rings is 1. The zero-order valence-corrected chi connectivity index (χ0v) is 12.1. The Morgan fingerprint density at radius 3 is 2.74 bits per heavy atom. The molecule has 3 N–H and O–H groups in total. The average molecular weight is 284 g/mol. The summed E-state index contributed by atoms with van der Waals surface area (Å²) in [6.07, 6.45) is 1.33. The highest BCUT2D eigenvalue weighted by molar-refractivity contribution is 7.89. The largest absolute Gasteiger partial charge is 0.487 e. The molecule has 1 unspecified atom stereocenters. The average Bonchev–Trinajstić information content (AvgIpc) is 2.79. The monoisotopic (exact) mass is 284 g/mol. The van der Waals surface area contributed by atoms with Crippen LogP contribution in [0.5, 0.6) is 5.75 Å². The summed E-state index contributed by atoms with van der Waals surface area (Å²) in [5.74, 6) is 0.466. The van der Waals surface area contributed by atoms with Gasteiger partial charge in [-0.1, -0.05) is 19.9 Å². The van der Waals surface area contributed by atoms with Gasteiger partial charge < -0.3 is 10.5 Å². The maximum absolute atomic E-state index is 12.2. The topological polar surface area (TPSA) is 81.4 Å². The second-order valence-corrected chi connectivity index (χ2v) is 6.35. The summed E-state index contributed by atoms with van der Waals surface area (Å²) in [7, 11) is -3.52. The Balaban J connectivity index is 2.53. The van der Waals surface area contributed by atoms with Crippen LogP contribution in [-0.2, 0) is 22.9 Å². The number of hydrogen-bond acceptors (Lipinski definition) is 4. The first kappa shape index (κ1) is 14.3. The molecule has 1 aromatic carbocycles. The van der Waals surface area contributed by atoms with Crippen molar-refractivity contribution in [3.8, 4) is 5.75 Å². The third-order valence-electron chi connectivity index (χ3n) is 3.22. The predicted molar refractivity (Wildman–Crippen MR) is 73.9 cm³/mol. The molecule has 1 aliphatic rings. The van der Waals surface area contributed by atoms with E-state index >= 15 is 0 Å². The summed E-state index contributed by atoms with van der Waals surface area (Å²) in [5.41, 5.74) is 7.54. The van der Waals surface area contributed by atoms with Crippen LogP contribution in [0, 0.1) is 0 Å². The van der Waals surface area contributed by atoms with Crippen molar-refractivity contribution in [2.45, 2.75) is 37.7 Å². The van der Waals surface area contributed by atoms with Crippen LogP contribution in [0.3, 0.4) is 0 Å². The molecule has 1 atom stereocenters. The van der Waals surface area contributed by atoms with Gasteiger partial charge in [-0.15, -0.1) is 0 Å². The van der Waals surface area contributed by atoms with Crippen LogP contribution in [0.4, 0.5) is 0 Å². The molecule has 0 saturated carbocycles. The number of nitrogens with one attached hydrogen (secondary N) is 1. The molecule has 0 saturated heterocycles. The normalized spacial score (nSPS) is 18.2. The smallest absolute Gasteiger partial charge is 0.244 e. The van der Waals surface area contributed by atoms with Crippen LogP contribution in [0.2, 0.25) is 0 Å². The van der Waals surface area contributed by atoms with Crippen LogP contribution in [0.1, 0.15) is 25.0 Å². The van der Waals surface area contributed by atoms with Gasteiger partial charge in [0.05, 0.1) is 0 Å². The van der Waals surface area contributed by atoms with Crippen molar-refractivity contribution in [3.63, 3.8) is 0 Å². The summed E-state index contributed by atoms with van der Waals surface area (Å²) in [6, 6.07) is 3.70. The van der Waals surface area contributed by atoms with E-state index in [1.807, 2.05) is 13.0 Å². The number of rotatable bonds is 5. The summed E-state index contributed by atoms with van der Waals surface area (Å²) in [6.45, 7) is 4.50. The Bertz CT molecular complexity index is 569. The maximum atomic E-state index is 12.2. The van der Waals surface area contributed by atoms with Gasteiger partial charge in [0.2, 0.25) is 10.0 Å². The SMILES string of the molecule is CCNS(=O)(=O)c1cc(CC)cc2c1OC(CN)C2. The van der Waals surface area contributed by atoms with Gasteiger partial charge in [0.15, 0.2) is 0 Å². The van der Waals surface area contributed by atoms with E-state index in [0.29, 0.717) is 25.3 Å². The van der Waals surface area contributed by atoms with E-state index in [-0.39, 0.29) is 11.0 Å². The third kappa shape index (κ3) is 2.75. The molecular formula is C13H20N2O3S. The lowest BCUT2D eigenvalue weighted by Gasteiger charge is -2.12. The highest BCUT2D eigenvalue weighted by Gasteiger charge is 2.30. The summed E-state index contributed by atoms with van der Waals surface area (Å²) >= 11 is 0. The van der Waals surface area contributed by atoms with Crippen molar-refractivity contribution in [1.82, 2.24) is 4.72 Å². The standard InChI is InChI=1S/C13H20N2O3S/c1-3-9-5-10-7-11(8-14)18-13(10)12(6-9)19(16,17)15-4-2/h5-6,11,15H,3-4,7-8,14H2,1-2H3. The first-order chi connectivity index (χ1) is 9.01. The lowest BCUT2D eigenvalue weighted by atomic mass is 10.1. The van der Waals surface area contributed by atoms with Crippen LogP contribution >= 0.6 is 0 Å². The Morgan fingerprint density at radius 2 is 2.16 bits per heavy atom. The van der Waals surface area contributed by atoms with E-state index in [9.17, 15) is 8.42 Å². The van der Waals surface area contributed by atoms with Crippen molar-refractivity contribution in [3.05, 3.63) is 23.3 Å². The minimum atomic E-state index is -3.52. The van der Waals surface area contributed by atoms with Gasteiger partial charge in [-0.05, 0) is 23.6 Å². The molecule has 0 fully saturated rings. The van der Waals surface area contributed by atoms with E-state index in [1.165, 1.54) is 0 Å². The molecule has 5 nitrogen and oxygen atoms in total. The first-order valence-corrected chi connectivity index (χ1v) is 8.02. The molecule has 106 valence electrons. The van der Waals surface area contributed by atoms with E-state index in [1.54, 1.807) is 13.0 Å². The molecule has 0 spiro atoms. The number of hydrogen-bond donors (Lipinski definition) is 2. The van der Waals surface area contributed by atoms with Gasteiger partial charge in [-0.25, -0.2) is 13.1 Å². The zero-order chi connectivity index (χ0) is 14.0. The van der Waals surface area contributed by atoms with Crippen molar-refractivity contribution < 1.29 is 13.2 Å². The molecule has 0 radical (unpaired) electrons. The Kier molecular flexibility index (Phi) is 4.13. The molecule has 0 amide bonds. The third-order valence-corrected chi connectivity index (χ3v) is 4.77. The second kappa shape index (κ2) is 5.48. The van der Waals surface area contributed by atoms with Gasteiger partial charge in [0, 0.05) is 19.5 Å². The minimum Gasteiger partial charge on any atom is -0.487 e. The van der Waals surface area contributed by atoms with Gasteiger partial charge in [0.25, 0.3) is 0 Å². The highest BCUT2D eigenvalue weighted by Crippen LogP contribution is 2.36. The fourth-order valence-corrected chi connectivity index (χ4v) is 3.53. The molecule has 0 aliphatic carbocycles. The maximum Gasteiger partial charge on any atom is 0.244 e. The van der Waals surface area contributed by atoms with Crippen molar-refractivity contribution in [1.29, 1.82) is 0 Å². The molecule has 1 aromatic rings. The lowest BCUT2D eigenvalue weighted by Crippen LogP contribution is -2.26. The Labute approximate surface area is 114 Å². The molecule has 1 heterocycles. The van der Waals surface area contributed by atoms with Crippen LogP contribution in [0.25, 0.3) is 0 Å². The van der Waals surface area contributed by atoms with E-state index in [4.69, 9.17) is 10.5 Å². The summed E-state index contributed by atoms with van der Waals surface area (Å²) in [5, 5.41) is 0. The Hall–Kier alpha value is -1.11. The van der Waals surface area contributed by atoms with Crippen molar-refractivity contribution in [2.24, 2.45) is 5.73 Å². The molecule has 19 heavy (non-hydrogen) atoms. The van der Waals surface area contributed by atoms with Crippen LogP contribution < -0.4 is 15.2 Å². The minimum absolute atomic E-state index is 0.127. The zero-order valence-electron chi connectivity index (χ0n) is 11.3.